The molecule has 20 heavy (non-hydrogen) atoms. The van der Waals surface area contributed by atoms with Gasteiger partial charge in [0, 0.05) is 19.6 Å². The highest BCUT2D eigenvalue weighted by atomic mass is 16.6. The van der Waals surface area contributed by atoms with Crippen LogP contribution < -0.4 is 4.90 Å². The number of anilines is 1. The van der Waals surface area contributed by atoms with E-state index in [4.69, 9.17) is 0 Å². The normalized spacial score (nSPS) is 16.4. The Labute approximate surface area is 118 Å². The minimum Gasteiger partial charge on any atom is -0.395 e. The molecule has 0 unspecified atom stereocenters. The van der Waals surface area contributed by atoms with E-state index in [-0.39, 0.29) is 23.3 Å². The average molecular weight is 282 g/mol. The van der Waals surface area contributed by atoms with E-state index in [0.717, 1.165) is 25.7 Å². The van der Waals surface area contributed by atoms with Crippen LogP contribution in [0.25, 0.3) is 0 Å². The van der Waals surface area contributed by atoms with E-state index in [1.807, 2.05) is 4.90 Å². The van der Waals surface area contributed by atoms with Crippen molar-refractivity contribution in [3.05, 3.63) is 15.8 Å². The lowest BCUT2D eigenvalue weighted by molar-refractivity contribution is -0.384. The van der Waals surface area contributed by atoms with E-state index < -0.39 is 0 Å². The van der Waals surface area contributed by atoms with Crippen molar-refractivity contribution in [2.24, 2.45) is 7.05 Å². The van der Waals surface area contributed by atoms with Crippen LogP contribution >= 0.6 is 0 Å². The van der Waals surface area contributed by atoms with Crippen LogP contribution in [-0.4, -0.2) is 39.0 Å². The quantitative estimate of drug-likeness (QED) is 0.657. The lowest BCUT2D eigenvalue weighted by Crippen LogP contribution is -2.40. The second-order valence-corrected chi connectivity index (χ2v) is 5.35. The molecule has 1 aliphatic carbocycles. The van der Waals surface area contributed by atoms with E-state index in [1.165, 1.54) is 6.42 Å². The third-order valence-corrected chi connectivity index (χ3v) is 3.97. The van der Waals surface area contributed by atoms with E-state index in [0.29, 0.717) is 18.1 Å². The van der Waals surface area contributed by atoms with Gasteiger partial charge in [-0.3, -0.25) is 10.1 Å². The lowest BCUT2D eigenvalue weighted by Gasteiger charge is -2.34. The molecule has 0 radical (unpaired) electrons. The van der Waals surface area contributed by atoms with Gasteiger partial charge in [-0.1, -0.05) is 19.3 Å². The zero-order valence-electron chi connectivity index (χ0n) is 12.1. The van der Waals surface area contributed by atoms with Gasteiger partial charge in [0.2, 0.25) is 5.82 Å². The van der Waals surface area contributed by atoms with Gasteiger partial charge in [-0.2, -0.15) is 5.10 Å². The highest BCUT2D eigenvalue weighted by Gasteiger charge is 2.32. The number of nitro groups is 1. The van der Waals surface area contributed by atoms with Gasteiger partial charge in [-0.15, -0.1) is 0 Å². The maximum Gasteiger partial charge on any atom is 0.333 e. The summed E-state index contributed by atoms with van der Waals surface area (Å²) in [5, 5.41) is 24.8. The van der Waals surface area contributed by atoms with E-state index in [9.17, 15) is 15.2 Å². The molecule has 0 aliphatic heterocycles. The highest BCUT2D eigenvalue weighted by molar-refractivity contribution is 5.61. The number of aliphatic hydroxyl groups excluding tert-OH is 1. The maximum atomic E-state index is 11.3. The number of nitrogens with zero attached hydrogens (tertiary/aromatic N) is 4. The fraction of sp³-hybridized carbons (Fsp3) is 0.769. The summed E-state index contributed by atoms with van der Waals surface area (Å²) in [5.41, 5.74) is 0.484. The number of aliphatic hydroxyl groups is 1. The highest BCUT2D eigenvalue weighted by Crippen LogP contribution is 2.35. The van der Waals surface area contributed by atoms with Gasteiger partial charge in [0.25, 0.3) is 0 Å². The minimum absolute atomic E-state index is 0.0160. The van der Waals surface area contributed by atoms with Crippen LogP contribution in [0.4, 0.5) is 11.5 Å². The predicted octanol–water partition coefficient (Wildman–Crippen LogP) is 1.77. The molecule has 7 heteroatoms. The zero-order chi connectivity index (χ0) is 14.7. The Morgan fingerprint density at radius 2 is 2.10 bits per heavy atom. The number of rotatable bonds is 5. The van der Waals surface area contributed by atoms with Crippen LogP contribution in [0, 0.1) is 17.0 Å². The molecule has 2 rings (SSSR count). The summed E-state index contributed by atoms with van der Waals surface area (Å²) in [6.45, 7) is 2.04. The minimum atomic E-state index is -0.370. The molecule has 1 fully saturated rings. The maximum absolute atomic E-state index is 11.3. The second kappa shape index (κ2) is 6.21. The van der Waals surface area contributed by atoms with Crippen molar-refractivity contribution in [3.8, 4) is 0 Å². The molecule has 1 N–H and O–H groups in total. The van der Waals surface area contributed by atoms with Crippen LogP contribution in [0.2, 0.25) is 0 Å². The van der Waals surface area contributed by atoms with Crippen LogP contribution in [0.3, 0.4) is 0 Å². The third-order valence-electron chi connectivity index (χ3n) is 3.97. The van der Waals surface area contributed by atoms with Crippen molar-refractivity contribution in [1.82, 2.24) is 9.78 Å². The first kappa shape index (κ1) is 14.8. The molecule has 1 saturated carbocycles. The molecule has 1 aliphatic rings. The molecule has 0 saturated heterocycles. The first-order valence-electron chi connectivity index (χ1n) is 7.11. The van der Waals surface area contributed by atoms with Crippen molar-refractivity contribution in [2.75, 3.05) is 18.1 Å². The molecule has 1 aromatic rings. The number of aromatic nitrogens is 2. The van der Waals surface area contributed by atoms with Gasteiger partial charge in [-0.05, 0) is 19.8 Å². The molecule has 7 nitrogen and oxygen atoms in total. The Kier molecular flexibility index (Phi) is 4.59. The summed E-state index contributed by atoms with van der Waals surface area (Å²) >= 11 is 0. The standard InChI is InChI=1S/C13H22N4O3/c1-10-12(17(19)20)13(15(2)14-10)16(8-9-18)11-6-4-3-5-7-11/h11,18H,3-9H2,1-2H3. The van der Waals surface area contributed by atoms with Gasteiger partial charge >= 0.3 is 5.69 Å². The Morgan fingerprint density at radius 1 is 1.45 bits per heavy atom. The topological polar surface area (TPSA) is 84.4 Å². The molecule has 0 bridgehead atoms. The van der Waals surface area contributed by atoms with Crippen molar-refractivity contribution in [2.45, 2.75) is 45.1 Å². The van der Waals surface area contributed by atoms with Gasteiger partial charge in [0.15, 0.2) is 0 Å². The number of hydrogen-bond donors (Lipinski definition) is 1. The Bertz CT molecular complexity index is 480. The summed E-state index contributed by atoms with van der Waals surface area (Å²) in [4.78, 5) is 12.9. The average Bonchev–Trinajstić information content (AvgIpc) is 2.71. The lowest BCUT2D eigenvalue weighted by atomic mass is 9.94. The molecule has 0 aromatic carbocycles. The van der Waals surface area contributed by atoms with Gasteiger partial charge < -0.3 is 10.0 Å². The molecular formula is C13H22N4O3. The SMILES string of the molecule is Cc1nn(C)c(N(CCO)C2CCCCC2)c1[N+](=O)[O-]. The predicted molar refractivity (Wildman–Crippen MR) is 75.9 cm³/mol. The Balaban J connectivity index is 2.40. The fourth-order valence-corrected chi connectivity index (χ4v) is 3.13. The third kappa shape index (κ3) is 2.77. The molecule has 1 heterocycles. The number of hydrogen-bond acceptors (Lipinski definition) is 5. The summed E-state index contributed by atoms with van der Waals surface area (Å²) in [6, 6.07) is 0.254. The molecular weight excluding hydrogens is 260 g/mol. The molecule has 0 spiro atoms. The monoisotopic (exact) mass is 282 g/mol. The molecule has 1 aromatic heterocycles. The summed E-state index contributed by atoms with van der Waals surface area (Å²) in [7, 11) is 1.72. The Hall–Kier alpha value is -1.63. The largest absolute Gasteiger partial charge is 0.395 e. The zero-order valence-corrected chi connectivity index (χ0v) is 12.1. The summed E-state index contributed by atoms with van der Waals surface area (Å²) in [5.74, 6) is 0.522. The van der Waals surface area contributed by atoms with Crippen molar-refractivity contribution in [1.29, 1.82) is 0 Å². The molecule has 112 valence electrons. The van der Waals surface area contributed by atoms with E-state index in [1.54, 1.807) is 18.7 Å². The van der Waals surface area contributed by atoms with Gasteiger partial charge in [0.1, 0.15) is 5.69 Å². The fourth-order valence-electron chi connectivity index (χ4n) is 3.13. The van der Waals surface area contributed by atoms with E-state index in [2.05, 4.69) is 5.10 Å². The van der Waals surface area contributed by atoms with Gasteiger partial charge in [-0.25, -0.2) is 4.68 Å². The van der Waals surface area contributed by atoms with Crippen LogP contribution in [-0.2, 0) is 7.05 Å². The smallest absolute Gasteiger partial charge is 0.333 e. The van der Waals surface area contributed by atoms with Crippen LogP contribution in [0.5, 0.6) is 0 Å². The Morgan fingerprint density at radius 3 is 2.65 bits per heavy atom. The first-order valence-corrected chi connectivity index (χ1v) is 7.11. The summed E-state index contributed by atoms with van der Waals surface area (Å²) < 4.78 is 1.57. The van der Waals surface area contributed by atoms with Crippen molar-refractivity contribution >= 4 is 11.5 Å². The molecule has 0 atom stereocenters. The van der Waals surface area contributed by atoms with E-state index >= 15 is 0 Å². The van der Waals surface area contributed by atoms with Crippen molar-refractivity contribution < 1.29 is 10.0 Å². The summed E-state index contributed by atoms with van der Waals surface area (Å²) in [6.07, 6.45) is 5.52. The van der Waals surface area contributed by atoms with Crippen LogP contribution in [0.1, 0.15) is 37.8 Å². The van der Waals surface area contributed by atoms with Gasteiger partial charge in [0.05, 0.1) is 11.5 Å². The van der Waals surface area contributed by atoms with Crippen LogP contribution in [0.15, 0.2) is 0 Å². The molecule has 0 amide bonds. The van der Waals surface area contributed by atoms with Crippen molar-refractivity contribution in [3.63, 3.8) is 0 Å². The second-order valence-electron chi connectivity index (χ2n) is 5.35. The number of aryl methyl sites for hydroxylation is 2. The first-order chi connectivity index (χ1) is 9.56.